The van der Waals surface area contributed by atoms with Gasteiger partial charge in [0.15, 0.2) is 0 Å². The van der Waals surface area contributed by atoms with E-state index in [1.54, 1.807) is 0 Å². The van der Waals surface area contributed by atoms with Crippen molar-refractivity contribution >= 4 is 12.0 Å². The molecular formula is C12H14O4. The van der Waals surface area contributed by atoms with Crippen LogP contribution in [0, 0.1) is 0 Å². The van der Waals surface area contributed by atoms with Crippen LogP contribution in [0.2, 0.25) is 0 Å². The molecule has 0 bridgehead atoms. The molecule has 0 aliphatic rings. The molecule has 0 aromatic heterocycles. The molecule has 0 atom stereocenters. The maximum atomic E-state index is 10.3. The Kier molecular flexibility index (Phi) is 3.55. The molecule has 4 heteroatoms. The van der Waals surface area contributed by atoms with Crippen molar-refractivity contribution in [2.75, 3.05) is 0 Å². The van der Waals surface area contributed by atoms with E-state index >= 15 is 0 Å². The number of benzene rings is 1. The first-order valence-corrected chi connectivity index (χ1v) is 4.88. The van der Waals surface area contributed by atoms with E-state index < -0.39 is 5.97 Å². The van der Waals surface area contributed by atoms with Crippen LogP contribution in [0.4, 0.5) is 0 Å². The Balaban J connectivity index is 3.14. The number of aromatic hydroxyl groups is 2. The fourth-order valence-electron chi connectivity index (χ4n) is 1.50. The lowest BCUT2D eigenvalue weighted by Crippen LogP contribution is -1.91. The van der Waals surface area contributed by atoms with E-state index in [0.29, 0.717) is 11.1 Å². The van der Waals surface area contributed by atoms with Gasteiger partial charge in [-0.1, -0.05) is 13.8 Å². The van der Waals surface area contributed by atoms with Crippen molar-refractivity contribution in [2.45, 2.75) is 19.8 Å². The molecule has 16 heavy (non-hydrogen) atoms. The highest BCUT2D eigenvalue weighted by molar-refractivity contribution is 5.85. The highest BCUT2D eigenvalue weighted by Gasteiger charge is 2.12. The van der Waals surface area contributed by atoms with Crippen molar-refractivity contribution in [3.63, 3.8) is 0 Å². The summed E-state index contributed by atoms with van der Waals surface area (Å²) < 4.78 is 0. The third-order valence-electron chi connectivity index (χ3n) is 2.15. The van der Waals surface area contributed by atoms with E-state index in [1.807, 2.05) is 13.8 Å². The van der Waals surface area contributed by atoms with Gasteiger partial charge < -0.3 is 15.3 Å². The number of hydrogen-bond acceptors (Lipinski definition) is 3. The van der Waals surface area contributed by atoms with Crippen molar-refractivity contribution in [2.24, 2.45) is 0 Å². The Morgan fingerprint density at radius 1 is 1.25 bits per heavy atom. The Hall–Kier alpha value is -1.97. The van der Waals surface area contributed by atoms with Crippen LogP contribution in [0.5, 0.6) is 11.5 Å². The van der Waals surface area contributed by atoms with Gasteiger partial charge in [0.2, 0.25) is 0 Å². The molecule has 86 valence electrons. The van der Waals surface area contributed by atoms with E-state index in [0.717, 1.165) is 6.08 Å². The van der Waals surface area contributed by atoms with Crippen molar-refractivity contribution in [3.05, 3.63) is 29.3 Å². The minimum absolute atomic E-state index is 0.00231. The number of phenolic OH excluding ortho intramolecular Hbond substituents is 2. The average Bonchev–Trinajstić information content (AvgIpc) is 2.12. The molecule has 0 spiro atoms. The molecule has 1 rings (SSSR count). The van der Waals surface area contributed by atoms with Gasteiger partial charge in [-0.15, -0.1) is 0 Å². The lowest BCUT2D eigenvalue weighted by atomic mass is 9.99. The van der Waals surface area contributed by atoms with Gasteiger partial charge >= 0.3 is 5.97 Å². The van der Waals surface area contributed by atoms with Crippen LogP contribution < -0.4 is 0 Å². The molecule has 0 unspecified atom stereocenters. The minimum Gasteiger partial charge on any atom is -0.507 e. The van der Waals surface area contributed by atoms with Crippen LogP contribution in [0.1, 0.15) is 30.9 Å². The second kappa shape index (κ2) is 4.70. The zero-order valence-corrected chi connectivity index (χ0v) is 9.14. The summed E-state index contributed by atoms with van der Waals surface area (Å²) in [5.74, 6) is -1.13. The molecule has 0 fully saturated rings. The Morgan fingerprint density at radius 2 is 1.75 bits per heavy atom. The van der Waals surface area contributed by atoms with Crippen LogP contribution in [0.3, 0.4) is 0 Å². The third-order valence-corrected chi connectivity index (χ3v) is 2.15. The maximum Gasteiger partial charge on any atom is 0.328 e. The molecule has 0 saturated heterocycles. The van der Waals surface area contributed by atoms with Gasteiger partial charge in [0, 0.05) is 11.6 Å². The van der Waals surface area contributed by atoms with Crippen LogP contribution in [0.15, 0.2) is 18.2 Å². The van der Waals surface area contributed by atoms with Gasteiger partial charge in [-0.2, -0.15) is 0 Å². The number of hydrogen-bond donors (Lipinski definition) is 3. The highest BCUT2D eigenvalue weighted by atomic mass is 16.4. The summed E-state index contributed by atoms with van der Waals surface area (Å²) in [5.41, 5.74) is 0.911. The lowest BCUT2D eigenvalue weighted by molar-refractivity contribution is -0.131. The van der Waals surface area contributed by atoms with Gasteiger partial charge in [-0.05, 0) is 29.7 Å². The van der Waals surface area contributed by atoms with Crippen LogP contribution >= 0.6 is 0 Å². The van der Waals surface area contributed by atoms with E-state index in [4.69, 9.17) is 5.11 Å². The van der Waals surface area contributed by atoms with Crippen LogP contribution in [-0.2, 0) is 4.79 Å². The molecule has 1 aromatic carbocycles. The number of carbonyl (C=O) groups is 1. The van der Waals surface area contributed by atoms with Gasteiger partial charge in [-0.3, -0.25) is 0 Å². The molecular weight excluding hydrogens is 208 g/mol. The normalized spacial score (nSPS) is 11.2. The molecule has 1 aromatic rings. The summed E-state index contributed by atoms with van der Waals surface area (Å²) in [6.07, 6.45) is 2.26. The smallest absolute Gasteiger partial charge is 0.328 e. The molecule has 0 amide bonds. The largest absolute Gasteiger partial charge is 0.507 e. The lowest BCUT2D eigenvalue weighted by Gasteiger charge is -2.11. The summed E-state index contributed by atoms with van der Waals surface area (Å²) >= 11 is 0. The fraction of sp³-hybridized carbons (Fsp3) is 0.250. The Morgan fingerprint density at radius 3 is 2.12 bits per heavy atom. The van der Waals surface area contributed by atoms with Crippen molar-refractivity contribution < 1.29 is 20.1 Å². The van der Waals surface area contributed by atoms with Gasteiger partial charge in [0.1, 0.15) is 11.5 Å². The quantitative estimate of drug-likeness (QED) is 0.686. The molecule has 3 N–H and O–H groups in total. The fourth-order valence-corrected chi connectivity index (χ4v) is 1.50. The molecule has 4 nitrogen and oxygen atoms in total. The monoisotopic (exact) mass is 222 g/mol. The molecule has 0 heterocycles. The van der Waals surface area contributed by atoms with Gasteiger partial charge in [0.05, 0.1) is 0 Å². The zero-order chi connectivity index (χ0) is 12.3. The second-order valence-corrected chi connectivity index (χ2v) is 3.80. The summed E-state index contributed by atoms with van der Waals surface area (Å²) in [5, 5.41) is 27.8. The SMILES string of the molecule is CC(C)c1c(O)cc(C=CC(=O)O)cc1O. The number of aliphatic carboxylic acids is 1. The van der Waals surface area contributed by atoms with E-state index in [-0.39, 0.29) is 17.4 Å². The zero-order valence-electron chi connectivity index (χ0n) is 9.14. The molecule has 0 aliphatic heterocycles. The van der Waals surface area contributed by atoms with E-state index in [1.165, 1.54) is 18.2 Å². The number of carboxylic acid groups (broad SMARTS) is 1. The van der Waals surface area contributed by atoms with E-state index in [9.17, 15) is 15.0 Å². The first kappa shape index (κ1) is 12.1. The highest BCUT2D eigenvalue weighted by Crippen LogP contribution is 2.35. The molecule has 0 radical (unpaired) electrons. The standard InChI is InChI=1S/C12H14O4/c1-7(2)12-9(13)5-8(6-10(12)14)3-4-11(15)16/h3-7,13-14H,1-2H3,(H,15,16). The van der Waals surface area contributed by atoms with Crippen LogP contribution in [-0.4, -0.2) is 21.3 Å². The first-order valence-electron chi connectivity index (χ1n) is 4.88. The topological polar surface area (TPSA) is 77.8 Å². The van der Waals surface area contributed by atoms with Crippen molar-refractivity contribution in [1.29, 1.82) is 0 Å². The predicted molar refractivity (Wildman–Crippen MR) is 60.5 cm³/mol. The minimum atomic E-state index is -1.08. The maximum absolute atomic E-state index is 10.3. The van der Waals surface area contributed by atoms with Gasteiger partial charge in [-0.25, -0.2) is 4.79 Å². The Labute approximate surface area is 93.5 Å². The molecule has 0 saturated carbocycles. The van der Waals surface area contributed by atoms with E-state index in [2.05, 4.69) is 0 Å². The third kappa shape index (κ3) is 2.76. The second-order valence-electron chi connectivity index (χ2n) is 3.80. The number of rotatable bonds is 3. The summed E-state index contributed by atoms with van der Waals surface area (Å²) in [6, 6.07) is 2.85. The Bertz CT molecular complexity index is 410. The number of carboxylic acids is 1. The summed E-state index contributed by atoms with van der Waals surface area (Å²) in [4.78, 5) is 10.3. The predicted octanol–water partition coefficient (Wildman–Crippen LogP) is 2.32. The summed E-state index contributed by atoms with van der Waals surface area (Å²) in [6.45, 7) is 3.70. The first-order chi connectivity index (χ1) is 7.41. The van der Waals surface area contributed by atoms with Crippen LogP contribution in [0.25, 0.3) is 6.08 Å². The van der Waals surface area contributed by atoms with Crippen molar-refractivity contribution in [1.82, 2.24) is 0 Å². The number of phenols is 2. The average molecular weight is 222 g/mol. The van der Waals surface area contributed by atoms with Gasteiger partial charge in [0.25, 0.3) is 0 Å². The molecule has 0 aliphatic carbocycles. The summed E-state index contributed by atoms with van der Waals surface area (Å²) in [7, 11) is 0. The van der Waals surface area contributed by atoms with Crippen molar-refractivity contribution in [3.8, 4) is 11.5 Å².